The highest BCUT2D eigenvalue weighted by molar-refractivity contribution is 9.11. The molecular weight excluding hydrogens is 226 g/mol. The Bertz CT molecular complexity index is 221. The molecule has 1 atom stereocenters. The van der Waals surface area contributed by atoms with Crippen LogP contribution in [0.4, 0.5) is 0 Å². The predicted octanol–water partition coefficient (Wildman–Crippen LogP) is 1.12. The number of likely N-dealkylation sites (N-methyl/N-ethyl adjacent to an activating group) is 1. The maximum atomic E-state index is 5.51. The van der Waals surface area contributed by atoms with Crippen molar-refractivity contribution in [2.24, 2.45) is 5.73 Å². The van der Waals surface area contributed by atoms with E-state index in [1.807, 2.05) is 7.05 Å². The van der Waals surface area contributed by atoms with Gasteiger partial charge in [0.2, 0.25) is 0 Å². The summed E-state index contributed by atoms with van der Waals surface area (Å²) in [5, 5.41) is 4.11. The molecule has 0 aliphatic carbocycles. The summed E-state index contributed by atoms with van der Waals surface area (Å²) in [7, 11) is 1.88. The molecule has 1 unspecified atom stereocenters. The Morgan fingerprint density at radius 3 is 3.00 bits per heavy atom. The van der Waals surface area contributed by atoms with Gasteiger partial charge in [-0.3, -0.25) is 0 Å². The minimum absolute atomic E-state index is 0.186. The lowest BCUT2D eigenvalue weighted by Crippen LogP contribution is -2.24. The van der Waals surface area contributed by atoms with Crippen molar-refractivity contribution in [1.29, 1.82) is 0 Å². The van der Waals surface area contributed by atoms with Crippen LogP contribution in [0.25, 0.3) is 0 Å². The fourth-order valence-corrected chi connectivity index (χ4v) is 2.14. The van der Waals surface area contributed by atoms with E-state index in [1.165, 1.54) is 0 Å². The number of nitrogens with zero attached hydrogens (tertiary/aromatic N) is 1. The quantitative estimate of drug-likeness (QED) is 0.826. The molecule has 0 amide bonds. The first kappa shape index (κ1) is 9.12. The van der Waals surface area contributed by atoms with Crippen molar-refractivity contribution < 1.29 is 0 Å². The van der Waals surface area contributed by atoms with Gasteiger partial charge in [0.15, 0.2) is 0 Å². The summed E-state index contributed by atoms with van der Waals surface area (Å²) in [4.78, 5) is 4.19. The second-order valence-corrected chi connectivity index (χ2v) is 4.52. The maximum absolute atomic E-state index is 5.51. The van der Waals surface area contributed by atoms with Gasteiger partial charge in [0, 0.05) is 6.54 Å². The summed E-state index contributed by atoms with van der Waals surface area (Å²) in [6.07, 6.45) is 1.79. The molecule has 1 aromatic rings. The molecule has 1 rings (SSSR count). The van der Waals surface area contributed by atoms with Crippen molar-refractivity contribution in [2.45, 2.75) is 6.04 Å². The molecule has 1 heterocycles. The molecule has 0 saturated heterocycles. The van der Waals surface area contributed by atoms with E-state index in [1.54, 1.807) is 17.5 Å². The van der Waals surface area contributed by atoms with Crippen LogP contribution in [0.5, 0.6) is 0 Å². The summed E-state index contributed by atoms with van der Waals surface area (Å²) in [5.41, 5.74) is 5.51. The lowest BCUT2D eigenvalue weighted by atomic mass is 10.3. The zero-order valence-corrected chi connectivity index (χ0v) is 8.58. The van der Waals surface area contributed by atoms with Crippen LogP contribution >= 0.6 is 27.3 Å². The zero-order valence-electron chi connectivity index (χ0n) is 6.17. The van der Waals surface area contributed by atoms with Crippen LogP contribution in [0, 0.1) is 0 Å². The normalized spacial score (nSPS) is 13.4. The van der Waals surface area contributed by atoms with Crippen molar-refractivity contribution in [3.63, 3.8) is 0 Å². The number of nitrogens with two attached hydrogens (primary N) is 1. The molecule has 0 spiro atoms. The van der Waals surface area contributed by atoms with Gasteiger partial charge in [-0.2, -0.15) is 0 Å². The molecule has 3 N–H and O–H groups in total. The van der Waals surface area contributed by atoms with E-state index in [2.05, 4.69) is 26.2 Å². The Labute approximate surface area is 78.1 Å². The topological polar surface area (TPSA) is 50.9 Å². The molecule has 11 heavy (non-hydrogen) atoms. The number of aromatic nitrogens is 1. The van der Waals surface area contributed by atoms with E-state index in [9.17, 15) is 0 Å². The highest BCUT2D eigenvalue weighted by Crippen LogP contribution is 2.23. The van der Waals surface area contributed by atoms with Crippen LogP contribution in [-0.2, 0) is 0 Å². The number of hydrogen-bond acceptors (Lipinski definition) is 4. The molecule has 3 nitrogen and oxygen atoms in total. The van der Waals surface area contributed by atoms with E-state index >= 15 is 0 Å². The van der Waals surface area contributed by atoms with E-state index in [-0.39, 0.29) is 6.04 Å². The van der Waals surface area contributed by atoms with Crippen LogP contribution in [0.1, 0.15) is 11.0 Å². The average molecular weight is 236 g/mol. The van der Waals surface area contributed by atoms with Gasteiger partial charge < -0.3 is 11.1 Å². The zero-order chi connectivity index (χ0) is 8.27. The van der Waals surface area contributed by atoms with Crippen LogP contribution in [0.2, 0.25) is 0 Å². The van der Waals surface area contributed by atoms with Crippen molar-refractivity contribution in [2.75, 3.05) is 13.6 Å². The van der Waals surface area contributed by atoms with Crippen molar-refractivity contribution in [1.82, 2.24) is 10.3 Å². The monoisotopic (exact) mass is 235 g/mol. The minimum atomic E-state index is 0.186. The first-order chi connectivity index (χ1) is 5.27. The van der Waals surface area contributed by atoms with Gasteiger partial charge in [-0.05, 0) is 23.0 Å². The molecule has 0 aliphatic heterocycles. The lowest BCUT2D eigenvalue weighted by molar-refractivity contribution is 0.602. The summed E-state index contributed by atoms with van der Waals surface area (Å²) in [6.45, 7) is 0.580. The number of halogens is 1. The second kappa shape index (κ2) is 4.15. The highest BCUT2D eigenvalue weighted by Gasteiger charge is 2.09. The largest absolute Gasteiger partial charge is 0.329 e. The fourth-order valence-electron chi connectivity index (χ4n) is 0.770. The van der Waals surface area contributed by atoms with Crippen molar-refractivity contribution in [3.8, 4) is 0 Å². The molecule has 0 aromatic carbocycles. The molecule has 5 heteroatoms. The molecule has 62 valence electrons. The van der Waals surface area contributed by atoms with Gasteiger partial charge in [0.05, 0.1) is 16.0 Å². The average Bonchev–Trinajstić information content (AvgIpc) is 2.39. The SMILES string of the molecule is CNC(CN)c1ncc(Br)s1. The smallest absolute Gasteiger partial charge is 0.112 e. The van der Waals surface area contributed by atoms with Gasteiger partial charge in [-0.25, -0.2) is 4.98 Å². The molecule has 0 saturated carbocycles. The van der Waals surface area contributed by atoms with E-state index in [0.717, 1.165) is 8.79 Å². The minimum Gasteiger partial charge on any atom is -0.329 e. The number of thiazole rings is 1. The fraction of sp³-hybridized carbons (Fsp3) is 0.500. The van der Waals surface area contributed by atoms with E-state index in [4.69, 9.17) is 5.73 Å². The summed E-state index contributed by atoms with van der Waals surface area (Å²) in [5.74, 6) is 0. The second-order valence-electron chi connectivity index (χ2n) is 2.08. The lowest BCUT2D eigenvalue weighted by Gasteiger charge is -2.08. The van der Waals surface area contributed by atoms with Gasteiger partial charge in [0.25, 0.3) is 0 Å². The molecule has 0 fully saturated rings. The summed E-state index contributed by atoms with van der Waals surface area (Å²) in [6, 6.07) is 0.186. The first-order valence-corrected chi connectivity index (χ1v) is 4.87. The van der Waals surface area contributed by atoms with E-state index < -0.39 is 0 Å². The Morgan fingerprint density at radius 2 is 2.64 bits per heavy atom. The standard InChI is InChI=1S/C6H10BrN3S/c1-9-4(2-8)6-10-3-5(7)11-6/h3-4,9H,2,8H2,1H3. The van der Waals surface area contributed by atoms with Crippen LogP contribution in [-0.4, -0.2) is 18.6 Å². The number of nitrogens with one attached hydrogen (secondary N) is 1. The molecule has 0 aliphatic rings. The van der Waals surface area contributed by atoms with Gasteiger partial charge >= 0.3 is 0 Å². The highest BCUT2D eigenvalue weighted by atomic mass is 79.9. The van der Waals surface area contributed by atoms with Crippen LogP contribution in [0.3, 0.4) is 0 Å². The first-order valence-electron chi connectivity index (χ1n) is 3.26. The third kappa shape index (κ3) is 2.23. The van der Waals surface area contributed by atoms with Gasteiger partial charge in [0.1, 0.15) is 5.01 Å². The number of hydrogen-bond donors (Lipinski definition) is 2. The molecule has 1 aromatic heterocycles. The summed E-state index contributed by atoms with van der Waals surface area (Å²) >= 11 is 4.95. The van der Waals surface area contributed by atoms with Crippen molar-refractivity contribution in [3.05, 3.63) is 15.0 Å². The van der Waals surface area contributed by atoms with Crippen LogP contribution < -0.4 is 11.1 Å². The summed E-state index contributed by atoms with van der Waals surface area (Å²) < 4.78 is 1.04. The van der Waals surface area contributed by atoms with Gasteiger partial charge in [-0.1, -0.05) is 0 Å². The molecule has 0 radical (unpaired) electrons. The Morgan fingerprint density at radius 1 is 1.91 bits per heavy atom. The third-order valence-electron chi connectivity index (χ3n) is 1.38. The predicted molar refractivity (Wildman–Crippen MR) is 50.7 cm³/mol. The van der Waals surface area contributed by atoms with E-state index in [0.29, 0.717) is 6.54 Å². The Hall–Kier alpha value is 0.0300. The molecular formula is C6H10BrN3S. The number of rotatable bonds is 3. The van der Waals surface area contributed by atoms with Gasteiger partial charge in [-0.15, -0.1) is 11.3 Å². The maximum Gasteiger partial charge on any atom is 0.112 e. The third-order valence-corrected chi connectivity index (χ3v) is 2.97. The Kier molecular flexibility index (Phi) is 3.45. The van der Waals surface area contributed by atoms with Crippen LogP contribution in [0.15, 0.2) is 9.98 Å². The van der Waals surface area contributed by atoms with Crippen molar-refractivity contribution >= 4 is 27.3 Å². The Balaban J connectivity index is 2.73. The molecule has 0 bridgehead atoms.